The Morgan fingerprint density at radius 3 is 2.90 bits per heavy atom. The lowest BCUT2D eigenvalue weighted by Crippen LogP contribution is -2.03. The van der Waals surface area contributed by atoms with E-state index in [1.165, 1.54) is 0 Å². The van der Waals surface area contributed by atoms with Crippen LogP contribution in [0.4, 0.5) is 0 Å². The van der Waals surface area contributed by atoms with Crippen LogP contribution in [0, 0.1) is 0 Å². The van der Waals surface area contributed by atoms with Gasteiger partial charge in [-0.3, -0.25) is 4.98 Å². The maximum absolute atomic E-state index is 9.41. The van der Waals surface area contributed by atoms with Crippen LogP contribution in [0.2, 0.25) is 0 Å². The van der Waals surface area contributed by atoms with Crippen LogP contribution in [0.25, 0.3) is 10.9 Å². The summed E-state index contributed by atoms with van der Waals surface area (Å²) in [6.45, 7) is 0.135. The molecule has 4 heteroatoms. The number of hydrogen-bond acceptors (Lipinski definition) is 3. The largest absolute Gasteiger partial charge is 0.495 e. The van der Waals surface area contributed by atoms with Gasteiger partial charge in [-0.05, 0) is 29.7 Å². The number of para-hydroxylation sites is 1. The fraction of sp³-hybridized carbons (Fsp3) is 0.235. The van der Waals surface area contributed by atoms with Gasteiger partial charge in [0.25, 0.3) is 0 Å². The van der Waals surface area contributed by atoms with Gasteiger partial charge in [0.1, 0.15) is 5.75 Å². The third-order valence-corrected chi connectivity index (χ3v) is 3.81. The van der Waals surface area contributed by atoms with Crippen molar-refractivity contribution < 1.29 is 9.84 Å². The second kappa shape index (κ2) is 5.97. The Labute approximate surface area is 123 Å². The number of rotatable bonds is 5. The standard InChI is InChI=1S/C17H18N2O2/c1-21-16-6-2-5-14-15(11-19-17(14)16)13(7-9-20)12-4-3-8-18-10-12/h2-6,8,10-11,13,19-20H,7,9H2,1H3. The van der Waals surface area contributed by atoms with Crippen molar-refractivity contribution in [1.82, 2.24) is 9.97 Å². The van der Waals surface area contributed by atoms with Crippen molar-refractivity contribution in [2.75, 3.05) is 13.7 Å². The number of nitrogens with zero attached hydrogens (tertiary/aromatic N) is 1. The third-order valence-electron chi connectivity index (χ3n) is 3.81. The monoisotopic (exact) mass is 282 g/mol. The molecule has 2 heterocycles. The summed E-state index contributed by atoms with van der Waals surface area (Å²) >= 11 is 0. The van der Waals surface area contributed by atoms with Crippen molar-refractivity contribution in [2.45, 2.75) is 12.3 Å². The molecule has 0 spiro atoms. The summed E-state index contributed by atoms with van der Waals surface area (Å²) in [5, 5.41) is 10.5. The van der Waals surface area contributed by atoms with Crippen LogP contribution >= 0.6 is 0 Å². The SMILES string of the molecule is COc1cccc2c(C(CCO)c3cccnc3)c[nH]c12. The van der Waals surface area contributed by atoms with Gasteiger partial charge >= 0.3 is 0 Å². The highest BCUT2D eigenvalue weighted by Gasteiger charge is 2.19. The molecule has 108 valence electrons. The van der Waals surface area contributed by atoms with Gasteiger partial charge in [0.15, 0.2) is 0 Å². The second-order valence-electron chi connectivity index (χ2n) is 4.98. The molecule has 0 aliphatic heterocycles. The minimum Gasteiger partial charge on any atom is -0.495 e. The first-order valence-electron chi connectivity index (χ1n) is 7.00. The summed E-state index contributed by atoms with van der Waals surface area (Å²) in [6, 6.07) is 9.97. The molecule has 4 nitrogen and oxygen atoms in total. The summed E-state index contributed by atoms with van der Waals surface area (Å²) in [7, 11) is 1.67. The van der Waals surface area contributed by atoms with Crippen molar-refractivity contribution in [3.8, 4) is 5.75 Å². The molecule has 0 radical (unpaired) electrons. The van der Waals surface area contributed by atoms with Crippen LogP contribution in [0.5, 0.6) is 5.75 Å². The van der Waals surface area contributed by atoms with E-state index >= 15 is 0 Å². The Hall–Kier alpha value is -2.33. The number of methoxy groups -OCH3 is 1. The molecule has 1 aromatic carbocycles. The molecule has 0 aliphatic rings. The van der Waals surface area contributed by atoms with E-state index in [0.717, 1.165) is 27.8 Å². The number of benzene rings is 1. The Balaban J connectivity index is 2.12. The summed E-state index contributed by atoms with van der Waals surface area (Å²) in [6.07, 6.45) is 6.29. The highest BCUT2D eigenvalue weighted by atomic mass is 16.5. The average Bonchev–Trinajstić information content (AvgIpc) is 2.97. The predicted molar refractivity (Wildman–Crippen MR) is 82.6 cm³/mol. The molecule has 0 saturated carbocycles. The molecule has 21 heavy (non-hydrogen) atoms. The van der Waals surface area contributed by atoms with Crippen molar-refractivity contribution in [3.05, 3.63) is 60.0 Å². The average molecular weight is 282 g/mol. The molecular weight excluding hydrogens is 264 g/mol. The summed E-state index contributed by atoms with van der Waals surface area (Å²) < 4.78 is 5.39. The fourth-order valence-corrected chi connectivity index (χ4v) is 2.82. The van der Waals surface area contributed by atoms with E-state index in [1.54, 1.807) is 13.3 Å². The Morgan fingerprint density at radius 2 is 2.19 bits per heavy atom. The smallest absolute Gasteiger partial charge is 0.142 e. The molecular formula is C17H18N2O2. The first kappa shape index (κ1) is 13.6. The zero-order valence-electron chi connectivity index (χ0n) is 11.9. The normalized spacial score (nSPS) is 12.5. The lowest BCUT2D eigenvalue weighted by Gasteiger charge is -2.15. The highest BCUT2D eigenvalue weighted by molar-refractivity contribution is 5.89. The highest BCUT2D eigenvalue weighted by Crippen LogP contribution is 2.35. The van der Waals surface area contributed by atoms with Crippen LogP contribution in [-0.4, -0.2) is 28.8 Å². The molecule has 0 amide bonds. The number of aromatic nitrogens is 2. The van der Waals surface area contributed by atoms with E-state index in [2.05, 4.69) is 16.0 Å². The number of hydrogen-bond donors (Lipinski definition) is 2. The van der Waals surface area contributed by atoms with E-state index in [1.807, 2.05) is 36.7 Å². The molecule has 1 unspecified atom stereocenters. The summed E-state index contributed by atoms with van der Waals surface area (Å²) in [4.78, 5) is 7.48. The Morgan fingerprint density at radius 1 is 1.29 bits per heavy atom. The van der Waals surface area contributed by atoms with E-state index in [9.17, 15) is 5.11 Å². The maximum Gasteiger partial charge on any atom is 0.142 e. The lowest BCUT2D eigenvalue weighted by molar-refractivity contribution is 0.282. The first-order chi connectivity index (χ1) is 10.3. The number of aliphatic hydroxyl groups is 1. The molecule has 2 N–H and O–H groups in total. The van der Waals surface area contributed by atoms with Crippen LogP contribution in [0.1, 0.15) is 23.5 Å². The number of fused-ring (bicyclic) bond motifs is 1. The molecule has 0 saturated heterocycles. The zero-order chi connectivity index (χ0) is 14.7. The Kier molecular flexibility index (Phi) is 3.88. The summed E-state index contributed by atoms with van der Waals surface area (Å²) in [5.74, 6) is 0.942. The van der Waals surface area contributed by atoms with Crippen molar-refractivity contribution in [1.29, 1.82) is 0 Å². The number of aromatic amines is 1. The number of H-pyrrole nitrogens is 1. The number of nitrogens with one attached hydrogen (secondary N) is 1. The van der Waals surface area contributed by atoms with Gasteiger partial charge in [0.2, 0.25) is 0 Å². The maximum atomic E-state index is 9.41. The van der Waals surface area contributed by atoms with Gasteiger partial charge in [-0.2, -0.15) is 0 Å². The van der Waals surface area contributed by atoms with E-state index in [0.29, 0.717) is 6.42 Å². The van der Waals surface area contributed by atoms with Crippen molar-refractivity contribution in [3.63, 3.8) is 0 Å². The van der Waals surface area contributed by atoms with Crippen molar-refractivity contribution in [2.24, 2.45) is 0 Å². The minimum atomic E-state index is 0.115. The molecule has 0 bridgehead atoms. The van der Waals surface area contributed by atoms with Crippen LogP contribution in [-0.2, 0) is 0 Å². The molecule has 0 fully saturated rings. The van der Waals surface area contributed by atoms with Crippen LogP contribution in [0.15, 0.2) is 48.9 Å². The molecule has 2 aromatic heterocycles. The van der Waals surface area contributed by atoms with Gasteiger partial charge in [-0.25, -0.2) is 0 Å². The van der Waals surface area contributed by atoms with Gasteiger partial charge in [0.05, 0.1) is 12.6 Å². The van der Waals surface area contributed by atoms with Crippen LogP contribution < -0.4 is 4.74 Å². The zero-order valence-corrected chi connectivity index (χ0v) is 11.9. The van der Waals surface area contributed by atoms with Gasteiger partial charge in [-0.1, -0.05) is 18.2 Å². The van der Waals surface area contributed by atoms with E-state index in [4.69, 9.17) is 4.74 Å². The summed E-state index contributed by atoms with van der Waals surface area (Å²) in [5.41, 5.74) is 3.25. The number of aliphatic hydroxyl groups excluding tert-OH is 1. The first-order valence-corrected chi connectivity index (χ1v) is 7.00. The number of pyridine rings is 1. The number of ether oxygens (including phenoxy) is 1. The second-order valence-corrected chi connectivity index (χ2v) is 4.98. The molecule has 3 aromatic rings. The van der Waals surface area contributed by atoms with Gasteiger partial charge in [0, 0.05) is 36.5 Å². The van der Waals surface area contributed by atoms with Crippen molar-refractivity contribution >= 4 is 10.9 Å². The molecule has 1 atom stereocenters. The lowest BCUT2D eigenvalue weighted by atomic mass is 9.89. The third kappa shape index (κ3) is 2.50. The fourth-order valence-electron chi connectivity index (χ4n) is 2.82. The Bertz CT molecular complexity index is 722. The van der Waals surface area contributed by atoms with E-state index in [-0.39, 0.29) is 12.5 Å². The van der Waals surface area contributed by atoms with E-state index < -0.39 is 0 Å². The quantitative estimate of drug-likeness (QED) is 0.756. The van der Waals surface area contributed by atoms with Gasteiger partial charge < -0.3 is 14.8 Å². The molecule has 0 aliphatic carbocycles. The van der Waals surface area contributed by atoms with Crippen LogP contribution in [0.3, 0.4) is 0 Å². The van der Waals surface area contributed by atoms with Gasteiger partial charge in [-0.15, -0.1) is 0 Å². The topological polar surface area (TPSA) is 58.1 Å². The molecule has 3 rings (SSSR count). The minimum absolute atomic E-state index is 0.115. The predicted octanol–water partition coefficient (Wildman–Crippen LogP) is 3.09.